The van der Waals surface area contributed by atoms with Crippen LogP contribution in [0.1, 0.15) is 20.8 Å². The van der Waals surface area contributed by atoms with Gasteiger partial charge in [-0.3, -0.25) is 4.84 Å². The first-order valence-electron chi connectivity index (χ1n) is 4.12. The summed E-state index contributed by atoms with van der Waals surface area (Å²) in [6, 6.07) is 0. The van der Waals surface area contributed by atoms with Crippen molar-refractivity contribution in [3.8, 4) is 0 Å². The van der Waals surface area contributed by atoms with Crippen molar-refractivity contribution >= 4 is 16.0 Å². The van der Waals surface area contributed by atoms with Crippen molar-refractivity contribution in [2.75, 3.05) is 5.75 Å². The quantitative estimate of drug-likeness (QED) is 0.619. The van der Waals surface area contributed by atoms with Crippen LogP contribution >= 0.6 is 0 Å². The summed E-state index contributed by atoms with van der Waals surface area (Å²) in [4.78, 5) is 16.5. The second-order valence-corrected chi connectivity index (χ2v) is 5.09. The molecule has 84 valence electrons. The molecule has 0 aromatic heterocycles. The zero-order valence-corrected chi connectivity index (χ0v) is 9.17. The number of rotatable bonds is 6. The smallest absolute Gasteiger partial charge is 0.334 e. The zero-order valence-electron chi connectivity index (χ0n) is 8.35. The Morgan fingerprint density at radius 3 is 2.29 bits per heavy atom. The van der Waals surface area contributed by atoms with E-state index in [4.69, 9.17) is 5.11 Å². The molecule has 0 unspecified atom stereocenters. The molecule has 0 spiro atoms. The summed E-state index contributed by atoms with van der Waals surface area (Å²) in [5, 5.41) is 8.40. The van der Waals surface area contributed by atoms with E-state index < -0.39 is 22.1 Å². The predicted molar refractivity (Wildman–Crippen MR) is 49.9 cm³/mol. The molecule has 0 heterocycles. The highest BCUT2D eigenvalue weighted by Crippen LogP contribution is 1.98. The lowest BCUT2D eigenvalue weighted by molar-refractivity contribution is -0.151. The third-order valence-electron chi connectivity index (χ3n) is 1.25. The number of hydrogen-bond donors (Lipinski definition) is 2. The maximum atomic E-state index is 11.1. The van der Waals surface area contributed by atoms with Crippen LogP contribution < -0.4 is 4.89 Å². The van der Waals surface area contributed by atoms with Gasteiger partial charge < -0.3 is 5.11 Å². The van der Waals surface area contributed by atoms with Crippen LogP contribution in [0.2, 0.25) is 0 Å². The molecule has 0 aliphatic rings. The summed E-state index contributed by atoms with van der Waals surface area (Å²) in [6.45, 7) is 4.71. The van der Waals surface area contributed by atoms with Gasteiger partial charge in [-0.1, -0.05) is 18.7 Å². The monoisotopic (exact) mass is 225 g/mol. The third kappa shape index (κ3) is 5.90. The van der Waals surface area contributed by atoms with Gasteiger partial charge in [0.15, 0.2) is 6.10 Å². The van der Waals surface area contributed by atoms with Crippen molar-refractivity contribution in [1.29, 1.82) is 0 Å². The van der Waals surface area contributed by atoms with E-state index in [2.05, 4.69) is 4.84 Å². The Kier molecular flexibility index (Phi) is 5.03. The Balaban J connectivity index is 4.06. The molecular weight excluding hydrogens is 210 g/mol. The SMILES string of the molecule is CC(C)CS(=O)(=O)NO[C@H](C)C(=O)O. The van der Waals surface area contributed by atoms with Gasteiger partial charge in [0.1, 0.15) is 0 Å². The fourth-order valence-corrected chi connectivity index (χ4v) is 1.91. The fraction of sp³-hybridized carbons (Fsp3) is 0.857. The number of nitrogens with one attached hydrogen (secondary N) is 1. The molecule has 14 heavy (non-hydrogen) atoms. The van der Waals surface area contributed by atoms with Crippen molar-refractivity contribution in [2.24, 2.45) is 5.92 Å². The van der Waals surface area contributed by atoms with E-state index in [0.29, 0.717) is 0 Å². The summed E-state index contributed by atoms with van der Waals surface area (Å²) < 4.78 is 22.3. The van der Waals surface area contributed by atoms with Gasteiger partial charge in [-0.2, -0.15) is 0 Å². The molecule has 0 saturated carbocycles. The first kappa shape index (κ1) is 13.3. The number of carbonyl (C=O) groups is 1. The third-order valence-corrected chi connectivity index (χ3v) is 2.71. The Morgan fingerprint density at radius 1 is 1.43 bits per heavy atom. The van der Waals surface area contributed by atoms with Crippen LogP contribution in [0.3, 0.4) is 0 Å². The largest absolute Gasteiger partial charge is 0.479 e. The summed E-state index contributed by atoms with van der Waals surface area (Å²) >= 11 is 0. The van der Waals surface area contributed by atoms with Gasteiger partial charge in [-0.15, -0.1) is 0 Å². The van der Waals surface area contributed by atoms with Gasteiger partial charge in [-0.25, -0.2) is 13.2 Å². The summed E-state index contributed by atoms with van der Waals surface area (Å²) in [5.41, 5.74) is 0. The molecule has 0 aromatic carbocycles. The highest BCUT2D eigenvalue weighted by Gasteiger charge is 2.17. The molecule has 1 atom stereocenters. The van der Waals surface area contributed by atoms with Crippen LogP contribution in [-0.4, -0.2) is 31.4 Å². The summed E-state index contributed by atoms with van der Waals surface area (Å²) in [7, 11) is -3.54. The van der Waals surface area contributed by atoms with Gasteiger partial charge >= 0.3 is 5.97 Å². The molecule has 0 amide bonds. The van der Waals surface area contributed by atoms with Crippen LogP contribution in [0.5, 0.6) is 0 Å². The molecule has 7 heteroatoms. The topological polar surface area (TPSA) is 92.7 Å². The second kappa shape index (κ2) is 5.28. The van der Waals surface area contributed by atoms with E-state index in [-0.39, 0.29) is 11.7 Å². The minimum atomic E-state index is -3.54. The van der Waals surface area contributed by atoms with Crippen LogP contribution in [0.4, 0.5) is 0 Å². The first-order valence-corrected chi connectivity index (χ1v) is 5.77. The van der Waals surface area contributed by atoms with Crippen molar-refractivity contribution in [3.63, 3.8) is 0 Å². The maximum absolute atomic E-state index is 11.1. The van der Waals surface area contributed by atoms with Crippen LogP contribution in [0.15, 0.2) is 0 Å². The van der Waals surface area contributed by atoms with E-state index in [0.717, 1.165) is 0 Å². The van der Waals surface area contributed by atoms with Crippen LogP contribution in [0.25, 0.3) is 0 Å². The Morgan fingerprint density at radius 2 is 1.93 bits per heavy atom. The fourth-order valence-electron chi connectivity index (χ4n) is 0.669. The molecular formula is C7H15NO5S. The molecule has 0 rings (SSSR count). The predicted octanol–water partition coefficient (Wildman–Crippen LogP) is -0.0335. The standard InChI is InChI=1S/C7H15NO5S/c1-5(2)4-14(11,12)8-13-6(3)7(9)10/h5-6,8H,4H2,1-3H3,(H,9,10)/t6-/m1/s1. The van der Waals surface area contributed by atoms with Crippen molar-refractivity contribution < 1.29 is 23.2 Å². The highest BCUT2D eigenvalue weighted by atomic mass is 32.2. The molecule has 0 aliphatic carbocycles. The molecule has 0 radical (unpaired) electrons. The van der Waals surface area contributed by atoms with Crippen LogP contribution in [-0.2, 0) is 19.7 Å². The average molecular weight is 225 g/mol. The number of carboxylic acid groups (broad SMARTS) is 1. The van der Waals surface area contributed by atoms with Gasteiger partial charge in [0.05, 0.1) is 5.75 Å². The first-order chi connectivity index (χ1) is 6.24. The van der Waals surface area contributed by atoms with E-state index in [9.17, 15) is 13.2 Å². The molecule has 0 bridgehead atoms. The van der Waals surface area contributed by atoms with Crippen molar-refractivity contribution in [2.45, 2.75) is 26.9 Å². The molecule has 0 fully saturated rings. The summed E-state index contributed by atoms with van der Waals surface area (Å²) in [5.74, 6) is -1.37. The average Bonchev–Trinajstić information content (AvgIpc) is 1.97. The van der Waals surface area contributed by atoms with E-state index in [1.165, 1.54) is 6.92 Å². The second-order valence-electron chi connectivity index (χ2n) is 3.36. The lowest BCUT2D eigenvalue weighted by Crippen LogP contribution is -2.34. The lowest BCUT2D eigenvalue weighted by atomic mass is 10.3. The number of sulfonamides is 1. The van der Waals surface area contributed by atoms with Crippen molar-refractivity contribution in [1.82, 2.24) is 4.89 Å². The number of hydrogen-bond acceptors (Lipinski definition) is 4. The molecule has 0 aliphatic heterocycles. The Hall–Kier alpha value is -0.660. The van der Waals surface area contributed by atoms with Gasteiger partial charge in [0, 0.05) is 0 Å². The molecule has 2 N–H and O–H groups in total. The highest BCUT2D eigenvalue weighted by molar-refractivity contribution is 7.89. The van der Waals surface area contributed by atoms with E-state index >= 15 is 0 Å². The van der Waals surface area contributed by atoms with Gasteiger partial charge in [-0.05, 0) is 12.8 Å². The Labute approximate surface area is 83.3 Å². The minimum absolute atomic E-state index is 0.0452. The van der Waals surface area contributed by atoms with Gasteiger partial charge in [0.2, 0.25) is 10.0 Å². The maximum Gasteiger partial charge on any atom is 0.334 e. The zero-order chi connectivity index (χ0) is 11.4. The summed E-state index contributed by atoms with van der Waals surface area (Å²) in [6.07, 6.45) is -1.20. The number of aliphatic carboxylic acids is 1. The van der Waals surface area contributed by atoms with Gasteiger partial charge in [0.25, 0.3) is 0 Å². The minimum Gasteiger partial charge on any atom is -0.479 e. The number of carboxylic acids is 1. The van der Waals surface area contributed by atoms with E-state index in [1.54, 1.807) is 18.7 Å². The molecule has 0 aromatic rings. The molecule has 6 nitrogen and oxygen atoms in total. The van der Waals surface area contributed by atoms with Crippen LogP contribution in [0, 0.1) is 5.92 Å². The lowest BCUT2D eigenvalue weighted by Gasteiger charge is -2.10. The van der Waals surface area contributed by atoms with Crippen molar-refractivity contribution in [3.05, 3.63) is 0 Å². The normalized spacial score (nSPS) is 14.3. The van der Waals surface area contributed by atoms with E-state index in [1.807, 2.05) is 0 Å². The molecule has 0 saturated heterocycles. The Bertz CT molecular complexity index is 284.